The second-order valence-electron chi connectivity index (χ2n) is 5.71. The minimum Gasteiger partial charge on any atom is -0.497 e. The average molecular weight is 372 g/mol. The molecule has 0 fully saturated rings. The van der Waals surface area contributed by atoms with Crippen LogP contribution in [0.5, 0.6) is 11.5 Å². The van der Waals surface area contributed by atoms with Crippen molar-refractivity contribution in [3.8, 4) is 11.5 Å². The van der Waals surface area contributed by atoms with Crippen LogP contribution in [0.25, 0.3) is 10.9 Å². The predicted octanol–water partition coefficient (Wildman–Crippen LogP) is 2.96. The molecule has 0 bridgehead atoms. The third kappa shape index (κ3) is 3.64. The first-order valence-corrected chi connectivity index (χ1v) is 8.44. The summed E-state index contributed by atoms with van der Waals surface area (Å²) in [6, 6.07) is 9.95. The lowest BCUT2D eigenvalue weighted by molar-refractivity contribution is 0.176. The molecule has 3 rings (SSSR count). The van der Waals surface area contributed by atoms with E-state index in [-0.39, 0.29) is 17.0 Å². The lowest BCUT2D eigenvalue weighted by atomic mass is 10.2. The number of ether oxygens (including phenoxy) is 2. The summed E-state index contributed by atoms with van der Waals surface area (Å²) >= 11 is 0. The Labute approximate surface area is 155 Å². The lowest BCUT2D eigenvalue weighted by Gasteiger charge is -2.14. The summed E-state index contributed by atoms with van der Waals surface area (Å²) in [5.41, 5.74) is 1.20. The molecule has 2 N–H and O–H groups in total. The maximum Gasteiger partial charge on any atom is 0.239 e. The first-order chi connectivity index (χ1) is 13.1. The molecular formula is C19H21FN4O3. The van der Waals surface area contributed by atoms with E-state index in [2.05, 4.69) is 15.3 Å². The predicted molar refractivity (Wildman–Crippen MR) is 99.9 cm³/mol. The number of halogens is 1. The van der Waals surface area contributed by atoms with Crippen molar-refractivity contribution < 1.29 is 19.1 Å². The van der Waals surface area contributed by atoms with E-state index >= 15 is 0 Å². The fraction of sp³-hybridized carbons (Fsp3) is 0.263. The molecule has 0 spiro atoms. The number of fused-ring (bicyclic) bond motifs is 1. The van der Waals surface area contributed by atoms with E-state index in [9.17, 15) is 9.60 Å². The molecule has 0 aliphatic carbocycles. The van der Waals surface area contributed by atoms with Crippen molar-refractivity contribution in [1.29, 1.82) is 0 Å². The van der Waals surface area contributed by atoms with Crippen molar-refractivity contribution in [3.63, 3.8) is 0 Å². The second-order valence-corrected chi connectivity index (χ2v) is 5.71. The molecular weight excluding hydrogens is 351 g/mol. The van der Waals surface area contributed by atoms with Gasteiger partial charge in [0.15, 0.2) is 5.49 Å². The molecule has 7 nitrogen and oxygen atoms in total. The van der Waals surface area contributed by atoms with Crippen molar-refractivity contribution in [2.45, 2.75) is 13.5 Å². The molecule has 0 amide bonds. The van der Waals surface area contributed by atoms with Crippen LogP contribution in [-0.4, -0.2) is 35.7 Å². The van der Waals surface area contributed by atoms with E-state index in [1.807, 2.05) is 13.0 Å². The molecule has 142 valence electrons. The smallest absolute Gasteiger partial charge is 0.239 e. The zero-order valence-electron chi connectivity index (χ0n) is 15.4. The SMILES string of the molecule is CC/N=c1/c2cccc(F)c2nc(NCc2ccc(OC)cc2OC)n1O. The van der Waals surface area contributed by atoms with Gasteiger partial charge in [0.1, 0.15) is 22.8 Å². The molecule has 0 saturated carbocycles. The van der Waals surface area contributed by atoms with Gasteiger partial charge in [-0.1, -0.05) is 6.07 Å². The maximum absolute atomic E-state index is 14.2. The van der Waals surface area contributed by atoms with Gasteiger partial charge >= 0.3 is 0 Å². The molecule has 0 unspecified atom stereocenters. The van der Waals surface area contributed by atoms with Crippen molar-refractivity contribution in [1.82, 2.24) is 9.71 Å². The molecule has 27 heavy (non-hydrogen) atoms. The number of rotatable bonds is 6. The summed E-state index contributed by atoms with van der Waals surface area (Å²) in [5.74, 6) is 0.892. The van der Waals surface area contributed by atoms with E-state index in [1.165, 1.54) is 6.07 Å². The third-order valence-electron chi connectivity index (χ3n) is 4.09. The Kier molecular flexibility index (Phi) is 5.44. The Hall–Kier alpha value is -3.29. The number of benzene rings is 2. The fourth-order valence-corrected chi connectivity index (χ4v) is 2.77. The zero-order valence-corrected chi connectivity index (χ0v) is 15.4. The number of hydrogen-bond donors (Lipinski definition) is 2. The maximum atomic E-state index is 14.2. The van der Waals surface area contributed by atoms with Crippen LogP contribution in [-0.2, 0) is 6.54 Å². The summed E-state index contributed by atoms with van der Waals surface area (Å²) in [5, 5.41) is 14.0. The highest BCUT2D eigenvalue weighted by atomic mass is 19.1. The van der Waals surface area contributed by atoms with Gasteiger partial charge in [-0.15, -0.1) is 4.73 Å². The monoisotopic (exact) mass is 372 g/mol. The Bertz CT molecular complexity index is 1030. The normalized spacial score (nSPS) is 11.6. The molecule has 3 aromatic rings. The first-order valence-electron chi connectivity index (χ1n) is 8.44. The van der Waals surface area contributed by atoms with E-state index < -0.39 is 5.82 Å². The highest BCUT2D eigenvalue weighted by Gasteiger charge is 2.13. The quantitative estimate of drug-likeness (QED) is 0.650. The number of anilines is 1. The lowest BCUT2D eigenvalue weighted by Crippen LogP contribution is -2.25. The Morgan fingerprint density at radius 1 is 1.22 bits per heavy atom. The van der Waals surface area contributed by atoms with Crippen molar-refractivity contribution in [2.24, 2.45) is 4.99 Å². The molecule has 0 atom stereocenters. The van der Waals surface area contributed by atoms with Gasteiger partial charge in [-0.05, 0) is 31.2 Å². The van der Waals surface area contributed by atoms with Crippen LogP contribution in [0.2, 0.25) is 0 Å². The van der Waals surface area contributed by atoms with Gasteiger partial charge in [0.2, 0.25) is 5.95 Å². The van der Waals surface area contributed by atoms with Gasteiger partial charge in [-0.25, -0.2) is 9.37 Å². The van der Waals surface area contributed by atoms with E-state index in [1.54, 1.807) is 38.5 Å². The molecule has 0 aliphatic rings. The summed E-state index contributed by atoms with van der Waals surface area (Å²) < 4.78 is 25.6. The van der Waals surface area contributed by atoms with E-state index in [4.69, 9.17) is 9.47 Å². The molecule has 8 heteroatoms. The number of nitrogens with one attached hydrogen (secondary N) is 1. The summed E-state index contributed by atoms with van der Waals surface area (Å²) in [4.78, 5) is 8.50. The highest BCUT2D eigenvalue weighted by Crippen LogP contribution is 2.25. The number of nitrogens with zero attached hydrogens (tertiary/aromatic N) is 3. The molecule has 1 heterocycles. The Morgan fingerprint density at radius 2 is 2.04 bits per heavy atom. The molecule has 2 aromatic carbocycles. The number of para-hydroxylation sites is 1. The number of hydrogen-bond acceptors (Lipinski definition) is 6. The molecule has 0 radical (unpaired) electrons. The average Bonchev–Trinajstić information content (AvgIpc) is 2.69. The highest BCUT2D eigenvalue weighted by molar-refractivity contribution is 5.79. The van der Waals surface area contributed by atoms with Crippen LogP contribution in [0.1, 0.15) is 12.5 Å². The van der Waals surface area contributed by atoms with E-state index in [0.29, 0.717) is 30.0 Å². The topological polar surface area (TPSA) is 80.9 Å². The number of methoxy groups -OCH3 is 2. The summed E-state index contributed by atoms with van der Waals surface area (Å²) in [6.07, 6.45) is 0. The van der Waals surface area contributed by atoms with E-state index in [0.717, 1.165) is 10.3 Å². The van der Waals surface area contributed by atoms with Gasteiger partial charge < -0.3 is 20.0 Å². The van der Waals surface area contributed by atoms with Crippen LogP contribution in [0.15, 0.2) is 41.4 Å². The standard InChI is InChI=1S/C19H21FN4O3/c1-4-21-18-14-6-5-7-15(20)17(14)23-19(24(18)25)22-11-12-8-9-13(26-2)10-16(12)27-3/h5-10,25H,4,11H2,1-3H3,(H,22,23)/b21-18-. The molecule has 0 saturated heterocycles. The Balaban J connectivity index is 2.02. The second kappa shape index (κ2) is 7.94. The van der Waals surface area contributed by atoms with Crippen LogP contribution in [0, 0.1) is 5.82 Å². The fourth-order valence-electron chi connectivity index (χ4n) is 2.77. The third-order valence-corrected chi connectivity index (χ3v) is 4.09. The first kappa shape index (κ1) is 18.5. The van der Waals surface area contributed by atoms with Crippen LogP contribution in [0.4, 0.5) is 10.3 Å². The van der Waals surface area contributed by atoms with Gasteiger partial charge in [0.05, 0.1) is 14.2 Å². The van der Waals surface area contributed by atoms with Crippen LogP contribution in [0.3, 0.4) is 0 Å². The largest absolute Gasteiger partial charge is 0.497 e. The molecule has 0 aliphatic heterocycles. The van der Waals surface area contributed by atoms with Crippen molar-refractivity contribution in [3.05, 3.63) is 53.3 Å². The van der Waals surface area contributed by atoms with Crippen molar-refractivity contribution >= 4 is 16.9 Å². The zero-order chi connectivity index (χ0) is 19.4. The summed E-state index contributed by atoms with van der Waals surface area (Å²) in [7, 11) is 3.14. The Morgan fingerprint density at radius 3 is 2.74 bits per heavy atom. The van der Waals surface area contributed by atoms with Gasteiger partial charge in [-0.3, -0.25) is 4.99 Å². The molecule has 1 aromatic heterocycles. The van der Waals surface area contributed by atoms with Crippen LogP contribution >= 0.6 is 0 Å². The summed E-state index contributed by atoms with van der Waals surface area (Å²) in [6.45, 7) is 2.56. The van der Waals surface area contributed by atoms with Gasteiger partial charge in [-0.2, -0.15) is 0 Å². The van der Waals surface area contributed by atoms with Crippen molar-refractivity contribution in [2.75, 3.05) is 26.1 Å². The van der Waals surface area contributed by atoms with Crippen LogP contribution < -0.4 is 20.3 Å². The minimum absolute atomic E-state index is 0.0812. The van der Waals surface area contributed by atoms with Gasteiger partial charge in [0.25, 0.3) is 0 Å². The van der Waals surface area contributed by atoms with Gasteiger partial charge in [0, 0.05) is 30.1 Å². The number of aromatic nitrogens is 2. The minimum atomic E-state index is -0.481.